The van der Waals surface area contributed by atoms with Gasteiger partial charge in [0.05, 0.1) is 11.1 Å². The first-order valence-electron chi connectivity index (χ1n) is 13.0. The summed E-state index contributed by atoms with van der Waals surface area (Å²) < 4.78 is 49.9. The van der Waals surface area contributed by atoms with Crippen LogP contribution < -0.4 is 10.6 Å². The fourth-order valence-electron chi connectivity index (χ4n) is 4.61. The van der Waals surface area contributed by atoms with E-state index in [0.717, 1.165) is 16.5 Å². The molecule has 1 fully saturated rings. The van der Waals surface area contributed by atoms with Crippen molar-refractivity contribution in [1.82, 2.24) is 15.2 Å². The SMILES string of the molecule is Cc1cc(-c2nnc(N[C@H]3C[C@@H](OC(=O)c4ccccc4)C3)o2)nc2c(C(C)(C)C)cc(NCC(F)(F)F)cc12. The smallest absolute Gasteiger partial charge is 0.405 e. The van der Waals surface area contributed by atoms with E-state index in [2.05, 4.69) is 20.8 Å². The van der Waals surface area contributed by atoms with Crippen LogP contribution in [0.3, 0.4) is 0 Å². The number of aryl methyl sites for hydroxylation is 1. The minimum absolute atomic E-state index is 0.0169. The molecule has 0 atom stereocenters. The molecular weight excluding hydrogens is 523 g/mol. The molecule has 0 spiro atoms. The van der Waals surface area contributed by atoms with Gasteiger partial charge in [0, 0.05) is 30.0 Å². The molecule has 0 amide bonds. The van der Waals surface area contributed by atoms with Crippen LogP contribution in [0.15, 0.2) is 52.9 Å². The molecule has 5 rings (SSSR count). The number of nitrogens with one attached hydrogen (secondary N) is 2. The summed E-state index contributed by atoms with van der Waals surface area (Å²) in [5.41, 5.74) is 3.24. The van der Waals surface area contributed by atoms with Crippen molar-refractivity contribution in [3.8, 4) is 11.6 Å². The second-order valence-corrected chi connectivity index (χ2v) is 11.1. The molecule has 0 unspecified atom stereocenters. The van der Waals surface area contributed by atoms with Crippen LogP contribution in [0.5, 0.6) is 0 Å². The summed E-state index contributed by atoms with van der Waals surface area (Å²) in [6.45, 7) is 6.69. The Hall–Kier alpha value is -4.15. The monoisotopic (exact) mass is 553 g/mol. The lowest BCUT2D eigenvalue weighted by Crippen LogP contribution is -2.42. The first-order chi connectivity index (χ1) is 18.9. The maximum absolute atomic E-state index is 12.8. The summed E-state index contributed by atoms with van der Waals surface area (Å²) in [6, 6.07) is 14.3. The zero-order valence-electron chi connectivity index (χ0n) is 22.6. The number of hydrogen-bond acceptors (Lipinski definition) is 8. The summed E-state index contributed by atoms with van der Waals surface area (Å²) >= 11 is 0. The van der Waals surface area contributed by atoms with Crippen molar-refractivity contribution < 1.29 is 27.1 Å². The molecule has 210 valence electrons. The van der Waals surface area contributed by atoms with E-state index >= 15 is 0 Å². The van der Waals surface area contributed by atoms with Gasteiger partial charge in [0.25, 0.3) is 5.89 Å². The molecule has 1 aliphatic carbocycles. The largest absolute Gasteiger partial charge is 0.459 e. The van der Waals surface area contributed by atoms with E-state index in [4.69, 9.17) is 14.1 Å². The third-order valence-corrected chi connectivity index (χ3v) is 6.77. The van der Waals surface area contributed by atoms with Gasteiger partial charge in [0.2, 0.25) is 0 Å². The normalized spacial score (nSPS) is 17.4. The molecule has 0 radical (unpaired) electrons. The van der Waals surface area contributed by atoms with E-state index in [-0.39, 0.29) is 30.0 Å². The fourth-order valence-corrected chi connectivity index (χ4v) is 4.61. The molecule has 0 bridgehead atoms. The summed E-state index contributed by atoms with van der Waals surface area (Å²) in [4.78, 5) is 17.0. The van der Waals surface area contributed by atoms with Gasteiger partial charge in [-0.1, -0.05) is 44.1 Å². The van der Waals surface area contributed by atoms with Gasteiger partial charge in [0.15, 0.2) is 0 Å². The van der Waals surface area contributed by atoms with Gasteiger partial charge in [-0.05, 0) is 53.8 Å². The summed E-state index contributed by atoms with van der Waals surface area (Å²) in [7, 11) is 0. The minimum Gasteiger partial charge on any atom is -0.459 e. The Bertz CT molecular complexity index is 1520. The van der Waals surface area contributed by atoms with Gasteiger partial charge < -0.3 is 19.8 Å². The Kier molecular flexibility index (Phi) is 7.16. The molecular formula is C29H30F3N5O3. The molecule has 1 saturated carbocycles. The Morgan fingerprint density at radius 3 is 2.48 bits per heavy atom. The number of aromatic nitrogens is 3. The van der Waals surface area contributed by atoms with Crippen LogP contribution >= 0.6 is 0 Å². The average Bonchev–Trinajstić information content (AvgIpc) is 3.34. The number of esters is 1. The molecule has 4 aromatic rings. The van der Waals surface area contributed by atoms with Crippen molar-refractivity contribution in [3.63, 3.8) is 0 Å². The predicted molar refractivity (Wildman–Crippen MR) is 145 cm³/mol. The zero-order chi connectivity index (χ0) is 28.7. The second-order valence-electron chi connectivity index (χ2n) is 11.1. The van der Waals surface area contributed by atoms with Gasteiger partial charge in [-0.2, -0.15) is 13.2 Å². The predicted octanol–water partition coefficient (Wildman–Crippen LogP) is 6.66. The highest BCUT2D eigenvalue weighted by Gasteiger charge is 2.34. The Morgan fingerprint density at radius 2 is 1.80 bits per heavy atom. The molecule has 2 heterocycles. The maximum atomic E-state index is 12.8. The van der Waals surface area contributed by atoms with Gasteiger partial charge >= 0.3 is 18.2 Å². The number of rotatable bonds is 7. The van der Waals surface area contributed by atoms with Gasteiger partial charge in [-0.15, -0.1) is 5.10 Å². The third kappa shape index (κ3) is 6.19. The van der Waals surface area contributed by atoms with E-state index in [1.54, 1.807) is 42.5 Å². The molecule has 11 heteroatoms. The zero-order valence-corrected chi connectivity index (χ0v) is 22.6. The van der Waals surface area contributed by atoms with Gasteiger partial charge in [-0.3, -0.25) is 0 Å². The van der Waals surface area contributed by atoms with Crippen LogP contribution in [0.2, 0.25) is 0 Å². The number of nitrogens with zero attached hydrogens (tertiary/aromatic N) is 3. The number of carbonyl (C=O) groups excluding carboxylic acids is 1. The molecule has 2 aromatic heterocycles. The number of anilines is 2. The highest BCUT2D eigenvalue weighted by atomic mass is 19.4. The maximum Gasteiger partial charge on any atom is 0.405 e. The van der Waals surface area contributed by atoms with Crippen LogP contribution in [0.4, 0.5) is 24.9 Å². The fraction of sp³-hybridized carbons (Fsp3) is 0.379. The number of carbonyl (C=O) groups is 1. The molecule has 2 aromatic carbocycles. The highest BCUT2D eigenvalue weighted by Crippen LogP contribution is 2.36. The molecule has 0 aliphatic heterocycles. The van der Waals surface area contributed by atoms with Crippen LogP contribution in [0.1, 0.15) is 55.1 Å². The van der Waals surface area contributed by atoms with Crippen LogP contribution in [-0.2, 0) is 10.2 Å². The van der Waals surface area contributed by atoms with Crippen molar-refractivity contribution >= 4 is 28.6 Å². The van der Waals surface area contributed by atoms with Gasteiger partial charge in [-0.25, -0.2) is 9.78 Å². The highest BCUT2D eigenvalue weighted by molar-refractivity contribution is 5.91. The van der Waals surface area contributed by atoms with E-state index < -0.39 is 18.1 Å². The topological polar surface area (TPSA) is 102 Å². The van der Waals surface area contributed by atoms with Crippen molar-refractivity contribution in [3.05, 3.63) is 65.2 Å². The van der Waals surface area contributed by atoms with Crippen molar-refractivity contribution in [2.45, 2.75) is 64.3 Å². The lowest BCUT2D eigenvalue weighted by Gasteiger charge is -2.34. The number of ether oxygens (including phenoxy) is 1. The van der Waals surface area contributed by atoms with Crippen molar-refractivity contribution in [2.75, 3.05) is 17.2 Å². The Balaban J connectivity index is 1.30. The van der Waals surface area contributed by atoms with Crippen molar-refractivity contribution in [2.24, 2.45) is 0 Å². The lowest BCUT2D eigenvalue weighted by molar-refractivity contribution is -0.115. The van der Waals surface area contributed by atoms with E-state index in [1.807, 2.05) is 33.8 Å². The van der Waals surface area contributed by atoms with Crippen LogP contribution in [-0.4, -0.2) is 46.0 Å². The Labute approximate surface area is 229 Å². The average molecular weight is 554 g/mol. The molecule has 40 heavy (non-hydrogen) atoms. The Morgan fingerprint density at radius 1 is 1.07 bits per heavy atom. The number of pyridine rings is 1. The summed E-state index contributed by atoms with van der Waals surface area (Å²) in [5, 5.41) is 14.7. The third-order valence-electron chi connectivity index (χ3n) is 6.77. The first-order valence-corrected chi connectivity index (χ1v) is 13.0. The standard InChI is InChI=1S/C29H30F3N5O3/c1-16-10-23(35-24-21(16)13-18(33-15-29(30,31)32)14-22(24)28(2,3)4)25-36-37-27(40-25)34-19-11-20(12-19)39-26(38)17-8-6-5-7-9-17/h5-10,13-14,19-20,33H,11-12,15H2,1-4H3,(H,34,37)/t19-,20+. The van der Waals surface area contributed by atoms with E-state index in [0.29, 0.717) is 35.3 Å². The summed E-state index contributed by atoms with van der Waals surface area (Å²) in [5.74, 6) is -0.127. The number of benzene rings is 2. The van der Waals surface area contributed by atoms with E-state index in [1.165, 1.54) is 0 Å². The van der Waals surface area contributed by atoms with Gasteiger partial charge in [0.1, 0.15) is 18.3 Å². The number of hydrogen-bond donors (Lipinski definition) is 2. The number of alkyl halides is 3. The number of fused-ring (bicyclic) bond motifs is 1. The summed E-state index contributed by atoms with van der Waals surface area (Å²) in [6.07, 6.45) is -3.29. The first kappa shape index (κ1) is 27.4. The molecule has 0 saturated heterocycles. The molecule has 1 aliphatic rings. The van der Waals surface area contributed by atoms with Crippen molar-refractivity contribution in [1.29, 1.82) is 0 Å². The minimum atomic E-state index is -4.33. The van der Waals surface area contributed by atoms with E-state index in [9.17, 15) is 18.0 Å². The van der Waals surface area contributed by atoms with Crippen LogP contribution in [0, 0.1) is 6.92 Å². The lowest BCUT2D eigenvalue weighted by atomic mass is 9.84. The molecule has 2 N–H and O–H groups in total. The quantitative estimate of drug-likeness (QED) is 0.245. The molecule has 8 nitrogen and oxygen atoms in total. The second kappa shape index (κ2) is 10.4. The van der Waals surface area contributed by atoms with Crippen LogP contribution in [0.25, 0.3) is 22.5 Å². The number of halogens is 3.